The van der Waals surface area contributed by atoms with Gasteiger partial charge in [0.25, 0.3) is 0 Å². The van der Waals surface area contributed by atoms with E-state index >= 15 is 0 Å². The minimum atomic E-state index is 0.125. The van der Waals surface area contributed by atoms with Gasteiger partial charge in [0.15, 0.2) is 0 Å². The Morgan fingerprint density at radius 1 is 1.63 bits per heavy atom. The number of rotatable bonds is 6. The van der Waals surface area contributed by atoms with Crippen LogP contribution in [0.15, 0.2) is 15.9 Å². The summed E-state index contributed by atoms with van der Waals surface area (Å²) in [7, 11) is 0. The molecule has 1 aliphatic rings. The third-order valence-corrected chi connectivity index (χ3v) is 5.62. The summed E-state index contributed by atoms with van der Waals surface area (Å²) >= 11 is 5.31. The Balaban J connectivity index is 2.14. The van der Waals surface area contributed by atoms with E-state index in [9.17, 15) is 0 Å². The fourth-order valence-electron chi connectivity index (χ4n) is 3.07. The van der Waals surface area contributed by atoms with E-state index in [1.54, 1.807) is 11.3 Å². The van der Waals surface area contributed by atoms with Gasteiger partial charge in [0.2, 0.25) is 0 Å². The number of hydrogen-bond acceptors (Lipinski definition) is 4. The molecule has 108 valence electrons. The van der Waals surface area contributed by atoms with E-state index in [0.29, 0.717) is 12.1 Å². The molecule has 2 rings (SSSR count). The molecule has 1 saturated heterocycles. The second-order valence-corrected chi connectivity index (χ2v) is 7.23. The Bertz CT molecular complexity index is 397. The monoisotopic (exact) mass is 346 g/mol. The minimum Gasteiger partial charge on any atom is -0.396 e. The van der Waals surface area contributed by atoms with Crippen LogP contribution >= 0.6 is 27.3 Å². The summed E-state index contributed by atoms with van der Waals surface area (Å²) in [6.07, 6.45) is 4.44. The summed E-state index contributed by atoms with van der Waals surface area (Å²) in [6, 6.07) is 3.20. The molecule has 5 heteroatoms. The molecule has 3 unspecified atom stereocenters. The van der Waals surface area contributed by atoms with Crippen molar-refractivity contribution in [2.75, 3.05) is 13.2 Å². The van der Waals surface area contributed by atoms with Crippen LogP contribution in [0.4, 0.5) is 0 Å². The fourth-order valence-corrected chi connectivity index (χ4v) is 4.75. The maximum Gasteiger partial charge on any atom is 0.0593 e. The number of aliphatic hydroxyl groups is 1. The van der Waals surface area contributed by atoms with Crippen molar-refractivity contribution in [2.24, 2.45) is 5.73 Å². The molecule has 2 heterocycles. The predicted octanol–water partition coefficient (Wildman–Crippen LogP) is 3.14. The molecule has 1 aromatic rings. The third kappa shape index (κ3) is 3.79. The first-order chi connectivity index (χ1) is 9.13. The molecule has 0 radical (unpaired) electrons. The lowest BCUT2D eigenvalue weighted by Gasteiger charge is -2.35. The molecular weight excluding hydrogens is 324 g/mol. The van der Waals surface area contributed by atoms with Crippen LogP contribution in [0.2, 0.25) is 0 Å². The zero-order valence-electron chi connectivity index (χ0n) is 11.4. The number of halogens is 1. The first-order valence-electron chi connectivity index (χ1n) is 6.99. The maximum atomic E-state index is 9.03. The van der Waals surface area contributed by atoms with Gasteiger partial charge in [0.05, 0.1) is 6.04 Å². The highest BCUT2D eigenvalue weighted by atomic mass is 79.9. The molecule has 3 atom stereocenters. The van der Waals surface area contributed by atoms with Crippen molar-refractivity contribution in [2.45, 2.75) is 50.7 Å². The van der Waals surface area contributed by atoms with Crippen molar-refractivity contribution < 1.29 is 5.11 Å². The van der Waals surface area contributed by atoms with Crippen molar-refractivity contribution in [3.8, 4) is 0 Å². The van der Waals surface area contributed by atoms with E-state index in [4.69, 9.17) is 10.8 Å². The Morgan fingerprint density at radius 2 is 2.42 bits per heavy atom. The van der Waals surface area contributed by atoms with E-state index in [1.165, 1.54) is 17.7 Å². The molecule has 0 amide bonds. The quantitative estimate of drug-likeness (QED) is 0.831. The zero-order valence-corrected chi connectivity index (χ0v) is 13.8. The number of hydrogen-bond donors (Lipinski definition) is 2. The number of aliphatic hydroxyl groups excluding tert-OH is 1. The average Bonchev–Trinajstić information content (AvgIpc) is 2.97. The first-order valence-corrected chi connectivity index (χ1v) is 8.67. The van der Waals surface area contributed by atoms with Gasteiger partial charge < -0.3 is 10.8 Å². The predicted molar refractivity (Wildman–Crippen MR) is 84.5 cm³/mol. The van der Waals surface area contributed by atoms with Crippen LogP contribution in [-0.4, -0.2) is 35.2 Å². The van der Waals surface area contributed by atoms with Crippen LogP contribution in [0.25, 0.3) is 0 Å². The fraction of sp³-hybridized carbons (Fsp3) is 0.714. The number of thiophene rings is 1. The summed E-state index contributed by atoms with van der Waals surface area (Å²) in [5.41, 5.74) is 6.25. The molecule has 0 bridgehead atoms. The molecule has 0 saturated carbocycles. The van der Waals surface area contributed by atoms with Gasteiger partial charge in [0, 0.05) is 33.4 Å². The molecule has 3 nitrogen and oxygen atoms in total. The molecule has 0 spiro atoms. The van der Waals surface area contributed by atoms with Crippen LogP contribution in [0.5, 0.6) is 0 Å². The third-order valence-electron chi connectivity index (χ3n) is 3.85. The van der Waals surface area contributed by atoms with Gasteiger partial charge in [-0.25, -0.2) is 0 Å². The lowest BCUT2D eigenvalue weighted by Crippen LogP contribution is -2.41. The average molecular weight is 347 g/mol. The Hall–Kier alpha value is 0.0600. The molecule has 0 aliphatic carbocycles. The van der Waals surface area contributed by atoms with Gasteiger partial charge in [0.1, 0.15) is 0 Å². The summed E-state index contributed by atoms with van der Waals surface area (Å²) in [5, 5.41) is 11.2. The Labute approximate surface area is 127 Å². The van der Waals surface area contributed by atoms with Gasteiger partial charge in [-0.2, -0.15) is 0 Å². The second kappa shape index (κ2) is 7.18. The molecule has 3 N–H and O–H groups in total. The van der Waals surface area contributed by atoms with Gasteiger partial charge in [-0.05, 0) is 61.1 Å². The smallest absolute Gasteiger partial charge is 0.0593 e. The van der Waals surface area contributed by atoms with E-state index in [1.807, 2.05) is 0 Å². The van der Waals surface area contributed by atoms with Gasteiger partial charge >= 0.3 is 0 Å². The molecule has 1 fully saturated rings. The summed E-state index contributed by atoms with van der Waals surface area (Å²) in [4.78, 5) is 3.90. The molecule has 0 aromatic carbocycles. The van der Waals surface area contributed by atoms with Crippen LogP contribution < -0.4 is 5.73 Å². The summed E-state index contributed by atoms with van der Waals surface area (Å²) in [5.74, 6) is 0. The van der Waals surface area contributed by atoms with Gasteiger partial charge in [-0.15, -0.1) is 11.3 Å². The topological polar surface area (TPSA) is 49.5 Å². The van der Waals surface area contributed by atoms with E-state index in [0.717, 1.165) is 23.9 Å². The highest BCUT2D eigenvalue weighted by Crippen LogP contribution is 2.36. The van der Waals surface area contributed by atoms with Gasteiger partial charge in [-0.1, -0.05) is 0 Å². The molecule has 1 aromatic heterocycles. The van der Waals surface area contributed by atoms with Crippen molar-refractivity contribution in [3.63, 3.8) is 0 Å². The largest absolute Gasteiger partial charge is 0.396 e. The SMILES string of the molecule is CC(N)C(c1cc(Br)cs1)N1CCCC1CCCO. The molecular formula is C14H23BrN2OS. The van der Waals surface area contributed by atoms with Crippen molar-refractivity contribution in [1.29, 1.82) is 0 Å². The highest BCUT2D eigenvalue weighted by molar-refractivity contribution is 9.10. The molecule has 1 aliphatic heterocycles. The zero-order chi connectivity index (χ0) is 13.8. The van der Waals surface area contributed by atoms with Crippen LogP contribution in [0, 0.1) is 0 Å². The first kappa shape index (κ1) is 15.4. The normalized spacial score (nSPS) is 23.7. The lowest BCUT2D eigenvalue weighted by molar-refractivity contribution is 0.148. The van der Waals surface area contributed by atoms with Crippen molar-refractivity contribution in [3.05, 3.63) is 20.8 Å². The van der Waals surface area contributed by atoms with E-state index in [2.05, 4.69) is 39.2 Å². The van der Waals surface area contributed by atoms with Crippen LogP contribution in [-0.2, 0) is 0 Å². The summed E-state index contributed by atoms with van der Waals surface area (Å²) in [6.45, 7) is 3.51. The van der Waals surface area contributed by atoms with Crippen molar-refractivity contribution in [1.82, 2.24) is 4.90 Å². The number of nitrogens with two attached hydrogens (primary N) is 1. The van der Waals surface area contributed by atoms with E-state index < -0.39 is 0 Å². The van der Waals surface area contributed by atoms with Crippen LogP contribution in [0.1, 0.15) is 43.5 Å². The number of nitrogens with zero attached hydrogens (tertiary/aromatic N) is 1. The Morgan fingerprint density at radius 3 is 3.00 bits per heavy atom. The maximum absolute atomic E-state index is 9.03. The number of likely N-dealkylation sites (tertiary alicyclic amines) is 1. The minimum absolute atomic E-state index is 0.125. The molecule has 19 heavy (non-hydrogen) atoms. The second-order valence-electron chi connectivity index (χ2n) is 5.37. The van der Waals surface area contributed by atoms with Crippen LogP contribution in [0.3, 0.4) is 0 Å². The van der Waals surface area contributed by atoms with Gasteiger partial charge in [-0.3, -0.25) is 4.90 Å². The van der Waals surface area contributed by atoms with Crippen molar-refractivity contribution >= 4 is 27.3 Å². The lowest BCUT2D eigenvalue weighted by atomic mass is 10.0. The highest BCUT2D eigenvalue weighted by Gasteiger charge is 2.33. The van der Waals surface area contributed by atoms with E-state index in [-0.39, 0.29) is 12.6 Å². The standard InChI is InChI=1S/C14H23BrN2OS/c1-10(16)14(13-8-11(15)9-19-13)17-6-2-4-12(17)5-3-7-18/h8-10,12,14,18H,2-7,16H2,1H3. The Kier molecular flexibility index (Phi) is 5.84. The summed E-state index contributed by atoms with van der Waals surface area (Å²) < 4.78 is 1.14.